The molecule has 19 heavy (non-hydrogen) atoms. The minimum atomic E-state index is 0. The van der Waals surface area contributed by atoms with Crippen molar-refractivity contribution in [2.24, 2.45) is 10.7 Å². The van der Waals surface area contributed by atoms with Crippen molar-refractivity contribution in [2.75, 3.05) is 5.32 Å². The number of nitrogens with one attached hydrogen (secondary N) is 1. The van der Waals surface area contributed by atoms with Crippen molar-refractivity contribution in [3.8, 4) is 0 Å². The van der Waals surface area contributed by atoms with Gasteiger partial charge < -0.3 is 11.1 Å². The van der Waals surface area contributed by atoms with Crippen LogP contribution in [0.5, 0.6) is 0 Å². The molecule has 3 nitrogen and oxygen atoms in total. The summed E-state index contributed by atoms with van der Waals surface area (Å²) in [5.74, 6) is 0.414. The van der Waals surface area contributed by atoms with Crippen LogP contribution in [0.1, 0.15) is 5.56 Å². The zero-order chi connectivity index (χ0) is 12.8. The van der Waals surface area contributed by atoms with Gasteiger partial charge in [-0.2, -0.15) is 0 Å². The van der Waals surface area contributed by atoms with Crippen LogP contribution < -0.4 is 11.1 Å². The Morgan fingerprint density at radius 2 is 1.68 bits per heavy atom. The number of benzene rings is 2. The van der Waals surface area contributed by atoms with E-state index >= 15 is 0 Å². The number of hydrogen-bond donors (Lipinski definition) is 2. The van der Waals surface area contributed by atoms with Crippen LogP contribution >= 0.6 is 39.9 Å². The van der Waals surface area contributed by atoms with E-state index in [0.29, 0.717) is 12.5 Å². The summed E-state index contributed by atoms with van der Waals surface area (Å²) in [7, 11) is 0. The summed E-state index contributed by atoms with van der Waals surface area (Å²) >= 11 is 3.48. The van der Waals surface area contributed by atoms with Crippen LogP contribution in [0.2, 0.25) is 0 Å². The first kappa shape index (κ1) is 16.0. The summed E-state index contributed by atoms with van der Waals surface area (Å²) in [4.78, 5) is 4.30. The van der Waals surface area contributed by atoms with Gasteiger partial charge in [0.25, 0.3) is 0 Å². The van der Waals surface area contributed by atoms with E-state index in [9.17, 15) is 0 Å². The van der Waals surface area contributed by atoms with Gasteiger partial charge in [-0.25, -0.2) is 4.99 Å². The molecule has 0 aliphatic rings. The summed E-state index contributed by atoms with van der Waals surface area (Å²) in [5.41, 5.74) is 7.87. The average molecular weight is 432 g/mol. The van der Waals surface area contributed by atoms with E-state index in [-0.39, 0.29) is 24.0 Å². The Bertz CT molecular complexity index is 543. The highest BCUT2D eigenvalue weighted by Crippen LogP contribution is 2.16. The Morgan fingerprint density at radius 1 is 1.05 bits per heavy atom. The molecule has 0 spiro atoms. The zero-order valence-corrected chi connectivity index (χ0v) is 14.1. The predicted octanol–water partition coefficient (Wildman–Crippen LogP) is 3.99. The molecule has 0 aliphatic carbocycles. The van der Waals surface area contributed by atoms with E-state index in [1.54, 1.807) is 0 Å². The van der Waals surface area contributed by atoms with Gasteiger partial charge in [0.2, 0.25) is 0 Å². The number of guanidine groups is 1. The number of halogens is 2. The summed E-state index contributed by atoms with van der Waals surface area (Å²) in [6.45, 7) is 0.549. The van der Waals surface area contributed by atoms with Gasteiger partial charge in [0.15, 0.2) is 5.96 Å². The van der Waals surface area contributed by atoms with E-state index in [1.165, 1.54) is 0 Å². The Kier molecular flexibility index (Phi) is 6.86. The van der Waals surface area contributed by atoms with Gasteiger partial charge in [0, 0.05) is 10.2 Å². The standard InChI is InChI=1S/C14H14BrN3.HI/c15-13-9-5-4-6-11(13)10-17-14(16)18-12-7-2-1-3-8-12;/h1-9H,10H2,(H3,16,17,18);1H. The minimum absolute atomic E-state index is 0. The van der Waals surface area contributed by atoms with Gasteiger partial charge >= 0.3 is 0 Å². The lowest BCUT2D eigenvalue weighted by atomic mass is 10.2. The molecule has 0 unspecified atom stereocenters. The summed E-state index contributed by atoms with van der Waals surface area (Å²) in [5, 5.41) is 3.04. The molecule has 0 bridgehead atoms. The lowest BCUT2D eigenvalue weighted by Crippen LogP contribution is -2.22. The van der Waals surface area contributed by atoms with Crippen molar-refractivity contribution in [3.05, 3.63) is 64.6 Å². The van der Waals surface area contributed by atoms with Gasteiger partial charge in [-0.15, -0.1) is 24.0 Å². The summed E-state index contributed by atoms with van der Waals surface area (Å²) in [6.07, 6.45) is 0. The fourth-order valence-electron chi connectivity index (χ4n) is 1.51. The smallest absolute Gasteiger partial charge is 0.193 e. The van der Waals surface area contributed by atoms with Crippen molar-refractivity contribution in [1.29, 1.82) is 0 Å². The van der Waals surface area contributed by atoms with Gasteiger partial charge in [0.1, 0.15) is 0 Å². The number of nitrogens with zero attached hydrogens (tertiary/aromatic N) is 1. The molecule has 100 valence electrons. The van der Waals surface area contributed by atoms with E-state index in [4.69, 9.17) is 5.73 Å². The Morgan fingerprint density at radius 3 is 2.37 bits per heavy atom. The predicted molar refractivity (Wildman–Crippen MR) is 94.9 cm³/mol. The van der Waals surface area contributed by atoms with Gasteiger partial charge in [-0.05, 0) is 23.8 Å². The molecule has 0 radical (unpaired) electrons. The molecule has 0 saturated carbocycles. The second-order valence-electron chi connectivity index (χ2n) is 3.78. The Balaban J connectivity index is 0.00000180. The van der Waals surface area contributed by atoms with E-state index in [1.807, 2.05) is 54.6 Å². The van der Waals surface area contributed by atoms with Crippen LogP contribution in [0.15, 0.2) is 64.1 Å². The maximum Gasteiger partial charge on any atom is 0.193 e. The molecule has 3 N–H and O–H groups in total. The first-order valence-corrected chi connectivity index (χ1v) is 6.40. The van der Waals surface area contributed by atoms with Gasteiger partial charge in [0.05, 0.1) is 6.54 Å². The Hall–Kier alpha value is -1.08. The van der Waals surface area contributed by atoms with Crippen LogP contribution in [0.4, 0.5) is 5.69 Å². The second kappa shape index (κ2) is 8.16. The fraction of sp³-hybridized carbons (Fsp3) is 0.0714. The lowest BCUT2D eigenvalue weighted by molar-refractivity contribution is 1.05. The number of nitrogens with two attached hydrogens (primary N) is 1. The van der Waals surface area contributed by atoms with Crippen LogP contribution in [0.25, 0.3) is 0 Å². The minimum Gasteiger partial charge on any atom is -0.370 e. The molecule has 2 aromatic rings. The molecule has 2 rings (SSSR count). The van der Waals surface area contributed by atoms with Crippen LogP contribution in [-0.2, 0) is 6.54 Å². The summed E-state index contributed by atoms with van der Waals surface area (Å²) in [6, 6.07) is 17.7. The van der Waals surface area contributed by atoms with Crippen molar-refractivity contribution >= 4 is 51.6 Å². The van der Waals surface area contributed by atoms with Crippen molar-refractivity contribution in [2.45, 2.75) is 6.54 Å². The number of hydrogen-bond acceptors (Lipinski definition) is 1. The number of aliphatic imine (C=N–C) groups is 1. The first-order chi connectivity index (χ1) is 8.75. The van der Waals surface area contributed by atoms with Crippen molar-refractivity contribution in [3.63, 3.8) is 0 Å². The molecular weight excluding hydrogens is 417 g/mol. The van der Waals surface area contributed by atoms with Crippen LogP contribution in [0.3, 0.4) is 0 Å². The molecule has 0 aromatic heterocycles. The SMILES string of the molecule is I.NC(=NCc1ccccc1Br)Nc1ccccc1. The molecular formula is C14H15BrIN3. The van der Waals surface area contributed by atoms with E-state index in [0.717, 1.165) is 15.7 Å². The highest BCUT2D eigenvalue weighted by atomic mass is 127. The molecule has 0 heterocycles. The van der Waals surface area contributed by atoms with E-state index < -0.39 is 0 Å². The molecule has 5 heteroatoms. The third-order valence-electron chi connectivity index (χ3n) is 2.42. The van der Waals surface area contributed by atoms with Crippen molar-refractivity contribution in [1.82, 2.24) is 0 Å². The molecule has 0 fully saturated rings. The normalized spacial score (nSPS) is 10.7. The maximum absolute atomic E-state index is 5.83. The summed E-state index contributed by atoms with van der Waals surface area (Å²) < 4.78 is 1.04. The largest absolute Gasteiger partial charge is 0.370 e. The molecule has 0 saturated heterocycles. The number of para-hydroxylation sites is 1. The number of anilines is 1. The molecule has 2 aromatic carbocycles. The fourth-order valence-corrected chi connectivity index (χ4v) is 1.92. The highest BCUT2D eigenvalue weighted by Gasteiger charge is 1.98. The second-order valence-corrected chi connectivity index (χ2v) is 4.64. The number of rotatable bonds is 3. The zero-order valence-electron chi connectivity index (χ0n) is 10.2. The van der Waals surface area contributed by atoms with Crippen LogP contribution in [0, 0.1) is 0 Å². The third-order valence-corrected chi connectivity index (χ3v) is 3.20. The van der Waals surface area contributed by atoms with Gasteiger partial charge in [-0.3, -0.25) is 0 Å². The van der Waals surface area contributed by atoms with E-state index in [2.05, 4.69) is 26.2 Å². The quantitative estimate of drug-likeness (QED) is 0.438. The average Bonchev–Trinajstić information content (AvgIpc) is 2.39. The first-order valence-electron chi connectivity index (χ1n) is 5.61. The third kappa shape index (κ3) is 5.20. The molecule has 0 amide bonds. The maximum atomic E-state index is 5.83. The lowest BCUT2D eigenvalue weighted by Gasteiger charge is -2.05. The van der Waals surface area contributed by atoms with Crippen LogP contribution in [-0.4, -0.2) is 5.96 Å². The monoisotopic (exact) mass is 431 g/mol. The topological polar surface area (TPSA) is 50.4 Å². The van der Waals surface area contributed by atoms with Gasteiger partial charge in [-0.1, -0.05) is 52.3 Å². The highest BCUT2D eigenvalue weighted by molar-refractivity contribution is 14.0. The van der Waals surface area contributed by atoms with Crippen molar-refractivity contribution < 1.29 is 0 Å². The Labute approximate surface area is 138 Å². The molecule has 0 aliphatic heterocycles. The molecule has 0 atom stereocenters.